The number of hydrogen-bond donors (Lipinski definition) is 0. The molecule has 0 saturated carbocycles. The van der Waals surface area contributed by atoms with E-state index in [4.69, 9.17) is 11.6 Å². The molecule has 0 saturated heterocycles. The van der Waals surface area contributed by atoms with Gasteiger partial charge in [-0.1, -0.05) is 0 Å². The van der Waals surface area contributed by atoms with E-state index < -0.39 is 17.6 Å². The monoisotopic (exact) mass is 412 g/mol. The van der Waals surface area contributed by atoms with Crippen molar-refractivity contribution in [1.82, 2.24) is 8.96 Å². The van der Waals surface area contributed by atoms with Crippen molar-refractivity contribution in [3.63, 3.8) is 0 Å². The quantitative estimate of drug-likeness (QED) is 0.622. The predicted octanol–water partition coefficient (Wildman–Crippen LogP) is 2.74. The second-order valence-corrected chi connectivity index (χ2v) is 9.09. The van der Waals surface area contributed by atoms with Crippen molar-refractivity contribution >= 4 is 88.8 Å². The SMILES string of the molecule is FB(F)F.O=S(=O)(Cc1ccccc1)n1c[c]([K])c2cc(Cl)cnc21. The van der Waals surface area contributed by atoms with Crippen LogP contribution in [0.1, 0.15) is 5.56 Å². The van der Waals surface area contributed by atoms with Crippen molar-refractivity contribution < 1.29 is 21.4 Å². The number of hydrogen-bond acceptors (Lipinski definition) is 3. The number of pyridine rings is 1. The fourth-order valence-corrected chi connectivity index (χ4v) is 5.18. The molecular weight excluding hydrogens is 403 g/mol. The van der Waals surface area contributed by atoms with Crippen LogP contribution in [0.5, 0.6) is 0 Å². The van der Waals surface area contributed by atoms with E-state index in [2.05, 4.69) is 4.98 Å². The van der Waals surface area contributed by atoms with Crippen LogP contribution in [0.3, 0.4) is 0 Å². The molecule has 126 valence electrons. The maximum absolute atomic E-state index is 12.6. The number of aromatic nitrogens is 2. The molecule has 0 unspecified atom stereocenters. The van der Waals surface area contributed by atoms with Gasteiger partial charge in [0.15, 0.2) is 0 Å². The van der Waals surface area contributed by atoms with Crippen LogP contribution < -0.4 is -0.342 Å². The first-order valence-electron chi connectivity index (χ1n) is 7.03. The van der Waals surface area contributed by atoms with Crippen molar-refractivity contribution in [3.05, 3.63) is 59.4 Å². The van der Waals surface area contributed by atoms with E-state index in [-0.39, 0.29) is 5.75 Å². The zero-order valence-electron chi connectivity index (χ0n) is 13.0. The van der Waals surface area contributed by atoms with Gasteiger partial charge in [-0.3, -0.25) is 12.9 Å². The molecule has 0 aliphatic rings. The Morgan fingerprint density at radius 1 is 1.20 bits per heavy atom. The summed E-state index contributed by atoms with van der Waals surface area (Å²) in [4.78, 5) is 4.19. The summed E-state index contributed by atoms with van der Waals surface area (Å²) in [5, 5.41) is 1.35. The first-order valence-corrected chi connectivity index (χ1v) is 10.6. The molecule has 11 heteroatoms. The minimum absolute atomic E-state index is 0.0473. The second-order valence-electron chi connectivity index (χ2n) is 5.12. The average Bonchev–Trinajstić information content (AvgIpc) is 2.85. The maximum atomic E-state index is 12.6. The summed E-state index contributed by atoms with van der Waals surface area (Å²) >= 11 is 6.28. The van der Waals surface area contributed by atoms with Crippen LogP contribution >= 0.6 is 11.6 Å². The van der Waals surface area contributed by atoms with Gasteiger partial charge >= 0.3 is 171 Å². The fourth-order valence-electron chi connectivity index (χ4n) is 2.27. The Bertz CT molecular complexity index is 968. The fraction of sp³-hybridized carbons (Fsp3) is 0.0714. The van der Waals surface area contributed by atoms with Crippen molar-refractivity contribution in [3.8, 4) is 0 Å². The topological polar surface area (TPSA) is 52.0 Å². The van der Waals surface area contributed by atoms with Crippen molar-refractivity contribution in [2.75, 3.05) is 0 Å². The number of fused-ring (bicyclic) bond motifs is 1. The van der Waals surface area contributed by atoms with Crippen LogP contribution in [0.4, 0.5) is 12.9 Å². The van der Waals surface area contributed by atoms with Crippen molar-refractivity contribution in [1.29, 1.82) is 0 Å². The van der Waals surface area contributed by atoms with Gasteiger partial charge in [-0.25, -0.2) is 0 Å². The van der Waals surface area contributed by atoms with Gasteiger partial charge in [-0.15, -0.1) is 0 Å². The molecule has 0 radical (unpaired) electrons. The van der Waals surface area contributed by atoms with Gasteiger partial charge in [0.2, 0.25) is 0 Å². The third-order valence-electron chi connectivity index (χ3n) is 3.27. The molecule has 1 aromatic carbocycles. The molecular formula is C14H10BClF3KN2O2S. The average molecular weight is 413 g/mol. The molecule has 0 bridgehead atoms. The normalized spacial score (nSPS) is 11.1. The van der Waals surface area contributed by atoms with E-state index in [0.717, 1.165) is 10.6 Å². The molecule has 2 heterocycles. The zero-order chi connectivity index (χ0) is 18.6. The summed E-state index contributed by atoms with van der Waals surface area (Å²) in [6.45, 7) is 0. The first kappa shape index (κ1) is 20.9. The molecule has 3 aromatic rings. The third-order valence-corrected chi connectivity index (χ3v) is 6.30. The van der Waals surface area contributed by atoms with E-state index >= 15 is 0 Å². The first-order chi connectivity index (χ1) is 11.7. The summed E-state index contributed by atoms with van der Waals surface area (Å²) in [5.41, 5.74) is 1.21. The van der Waals surface area contributed by atoms with Gasteiger partial charge in [0.25, 0.3) is 0 Å². The summed E-state index contributed by atoms with van der Waals surface area (Å²) in [5.74, 6) is -0.0473. The van der Waals surface area contributed by atoms with Crippen LogP contribution in [-0.4, -0.2) is 73.9 Å². The molecule has 25 heavy (non-hydrogen) atoms. The van der Waals surface area contributed by atoms with E-state index in [1.54, 1.807) is 24.4 Å². The Kier molecular flexibility index (Phi) is 7.56. The molecule has 0 aliphatic carbocycles. The molecule has 0 atom stereocenters. The number of benzene rings is 1. The van der Waals surface area contributed by atoms with Gasteiger partial charge in [0.1, 0.15) is 0 Å². The van der Waals surface area contributed by atoms with Crippen molar-refractivity contribution in [2.45, 2.75) is 5.75 Å². The summed E-state index contributed by atoms with van der Waals surface area (Å²) < 4.78 is 56.6. The van der Waals surface area contributed by atoms with E-state index in [9.17, 15) is 21.4 Å². The van der Waals surface area contributed by atoms with E-state index in [0.29, 0.717) is 59.6 Å². The van der Waals surface area contributed by atoms with Crippen molar-refractivity contribution in [2.24, 2.45) is 0 Å². The Morgan fingerprint density at radius 3 is 2.40 bits per heavy atom. The van der Waals surface area contributed by atoms with Crippen LogP contribution in [0.15, 0.2) is 48.8 Å². The summed E-state index contributed by atoms with van der Waals surface area (Å²) in [6, 6.07) is 10.9. The van der Waals surface area contributed by atoms with Gasteiger partial charge in [0, 0.05) is 0 Å². The Morgan fingerprint density at radius 2 is 1.80 bits per heavy atom. The molecule has 0 spiro atoms. The van der Waals surface area contributed by atoms with E-state index in [1.807, 2.05) is 18.2 Å². The number of nitrogens with zero attached hydrogens (tertiary/aromatic N) is 2. The van der Waals surface area contributed by atoms with Crippen LogP contribution in [0.2, 0.25) is 5.02 Å². The van der Waals surface area contributed by atoms with Gasteiger partial charge in [0.05, 0.1) is 0 Å². The number of rotatable bonds is 3. The zero-order valence-corrected chi connectivity index (χ0v) is 17.7. The van der Waals surface area contributed by atoms with Gasteiger partial charge in [-0.05, 0) is 0 Å². The summed E-state index contributed by atoms with van der Waals surface area (Å²) in [6.07, 6.45) is 3.15. The number of halogens is 4. The molecule has 0 aliphatic heterocycles. The minimum atomic E-state index is -3.67. The molecule has 0 fully saturated rings. The van der Waals surface area contributed by atoms with Crippen LogP contribution in [0.25, 0.3) is 11.0 Å². The summed E-state index contributed by atoms with van der Waals surface area (Å²) in [7, 11) is -7.16. The standard InChI is InChI=1S/C14H10ClN2O2S.BF3.K/c15-13-8-12-6-7-17(14(12)16-9-13)20(18,19)10-11-4-2-1-3-5-11;2-1(3)4;/h1-5,7-9H,10H2;;. The second kappa shape index (κ2) is 9.03. The molecule has 2 aromatic heterocycles. The van der Waals surface area contributed by atoms with Crippen LogP contribution in [0, 0.1) is 0 Å². The predicted molar refractivity (Wildman–Crippen MR) is 93.7 cm³/mol. The molecule has 3 rings (SSSR count). The third kappa shape index (κ3) is 5.81. The molecule has 0 N–H and O–H groups in total. The Balaban J connectivity index is 0.000000511. The van der Waals surface area contributed by atoms with E-state index in [1.165, 1.54) is 10.2 Å². The Hall–Kier alpha value is -0.359. The van der Waals surface area contributed by atoms with Crippen LogP contribution in [-0.2, 0) is 15.8 Å². The molecule has 0 amide bonds. The Labute approximate surface area is 182 Å². The molecule has 4 nitrogen and oxygen atoms in total. The van der Waals surface area contributed by atoms with Gasteiger partial charge < -0.3 is 0 Å². The van der Waals surface area contributed by atoms with Gasteiger partial charge in [-0.2, -0.15) is 0 Å².